The Morgan fingerprint density at radius 2 is 1.21 bits per heavy atom. The largest absolute Gasteiger partial charge is 0.508 e. The number of carboxylic acid groups (broad SMARTS) is 1. The zero-order valence-corrected chi connectivity index (χ0v) is 59.5. The molecule has 3 aromatic heterocycles. The van der Waals surface area contributed by atoms with Crippen LogP contribution < -0.4 is 58.7 Å². The number of aliphatic carboxylic acids is 1. The van der Waals surface area contributed by atoms with Crippen molar-refractivity contribution in [1.29, 1.82) is 0 Å². The molecule has 107 heavy (non-hydrogen) atoms. The van der Waals surface area contributed by atoms with E-state index in [1.54, 1.807) is 30.3 Å². The molecule has 9 atom stereocenters. The fraction of sp³-hybridized carbons (Fsp3) is 0.351. The van der Waals surface area contributed by atoms with Gasteiger partial charge in [0.25, 0.3) is 0 Å². The Kier molecular flexibility index (Phi) is 27.5. The summed E-state index contributed by atoms with van der Waals surface area (Å²) >= 11 is 2.76. The number of para-hydroxylation sites is 1. The Balaban J connectivity index is 0.998. The van der Waals surface area contributed by atoms with Crippen LogP contribution >= 0.6 is 23.5 Å². The molecule has 2 aliphatic rings. The number of hydrogen-bond acceptors (Lipinski definition) is 17. The van der Waals surface area contributed by atoms with Crippen molar-refractivity contribution in [3.8, 4) is 11.5 Å². The van der Waals surface area contributed by atoms with Crippen LogP contribution in [0.4, 0.5) is 8.78 Å². The van der Waals surface area contributed by atoms with E-state index in [2.05, 4.69) is 62.5 Å². The smallest absolute Gasteiger partial charge is 0.305 e. The average Bonchev–Trinajstić information content (AvgIpc) is 1.70. The predicted molar refractivity (Wildman–Crippen MR) is 393 cm³/mol. The third-order valence-electron chi connectivity index (χ3n) is 18.1. The number of carbonyl (C=O) groups excluding carboxylic acids is 10. The molecule has 2 aliphatic heterocycles. The third kappa shape index (κ3) is 22.4. The third-order valence-corrected chi connectivity index (χ3v) is 20.2. The molecule has 0 saturated carbocycles. The van der Waals surface area contributed by atoms with E-state index < -0.39 is 157 Å². The van der Waals surface area contributed by atoms with Gasteiger partial charge in [-0.2, -0.15) is 23.5 Å². The number of aromatic hydroxyl groups is 1. The number of carboxylic acids is 1. The first-order valence-electron chi connectivity index (χ1n) is 34.6. The molecular weight excluding hydrogens is 1430 g/mol. The number of nitrogens with two attached hydrogens (primary N) is 2. The normalized spacial score (nSPS) is 22.0. The van der Waals surface area contributed by atoms with Gasteiger partial charge in [-0.3, -0.25) is 52.7 Å². The predicted octanol–water partition coefficient (Wildman–Crippen LogP) is 2.84. The number of aromatic nitrogens is 4. The number of carbonyl (C=O) groups is 11. The average molecular weight is 1510 g/mol. The summed E-state index contributed by atoms with van der Waals surface area (Å²) in [6.45, 7) is -0.694. The lowest BCUT2D eigenvalue weighted by Gasteiger charge is -2.30. The zero-order valence-electron chi connectivity index (χ0n) is 57.9. The van der Waals surface area contributed by atoms with Crippen LogP contribution in [0.3, 0.4) is 0 Å². The van der Waals surface area contributed by atoms with Gasteiger partial charge in [-0.15, -0.1) is 0 Å². The molecule has 0 aliphatic carbocycles. The fourth-order valence-electron chi connectivity index (χ4n) is 12.6. The van der Waals surface area contributed by atoms with Crippen molar-refractivity contribution in [2.45, 2.75) is 130 Å². The molecule has 33 heteroatoms. The standard InChI is InChI=1S/C74H83F2N15O14S2/c75-46-14-18-54-52(27-46)44(32-80-54)25-57-69(99)86-58(26-45-33-81-55-19-15-47(76)28-53(45)55)70(100)88-60(31-66(95)96)72(102)87-59(29-48-34-79-40-83-48)71(101)89-61(24-41-12-16-49(92)17-13-41)74(104)91-36-51(105-50-9-2-1-3-10-50)30-63(91)73(103)90-62(67(78)97)39-107-38-43-8-6-7-42(23-43)37-106-22-20-64(93)84-56(11-4-5-21-77)68(98)82-35-65(94)85-57/h1-3,6-10,12-19,23,27-28,32-34,40,51,56-63,80-81,92H,4-5,11,20-22,24-26,29-31,35-39,77H2,(H2,78,97)(H,79,83)(H,82,98)(H,84,93)(H,85,94)(H,86,99)(H,87,102)(H,88,100)(H,89,101)(H,90,103)(H,95,96)/t51-,56-,57-,58-,59-,60-,61-,62+,63-/m0/s1. The number of hydrogen-bond donors (Lipinski definition) is 15. The molecule has 2 bridgehead atoms. The summed E-state index contributed by atoms with van der Waals surface area (Å²) in [6.07, 6.45) is 2.87. The number of amides is 10. The second kappa shape index (κ2) is 37.6. The molecule has 10 amide bonds. The Morgan fingerprint density at radius 1 is 0.607 bits per heavy atom. The number of unbranched alkanes of at least 4 members (excludes halogenated alkanes) is 1. The van der Waals surface area contributed by atoms with Crippen molar-refractivity contribution >= 4 is 110 Å². The van der Waals surface area contributed by atoms with Gasteiger partial charge >= 0.3 is 5.97 Å². The number of primary amides is 1. The van der Waals surface area contributed by atoms with E-state index in [0.717, 1.165) is 17.2 Å². The Morgan fingerprint density at radius 3 is 1.82 bits per heavy atom. The quantitative estimate of drug-likeness (QED) is 0.0583. The number of fused-ring (bicyclic) bond motifs is 5. The molecule has 29 nitrogen and oxygen atoms in total. The van der Waals surface area contributed by atoms with E-state index in [4.69, 9.17) is 16.2 Å². The molecule has 1 saturated heterocycles. The van der Waals surface area contributed by atoms with Gasteiger partial charge in [-0.1, -0.05) is 54.6 Å². The second-order valence-electron chi connectivity index (χ2n) is 26.0. The summed E-state index contributed by atoms with van der Waals surface area (Å²) in [4.78, 5) is 173. The van der Waals surface area contributed by atoms with E-state index >= 15 is 23.6 Å². The van der Waals surface area contributed by atoms with Crippen LogP contribution in [0.25, 0.3) is 21.8 Å². The van der Waals surface area contributed by atoms with Crippen LogP contribution in [0.1, 0.15) is 72.0 Å². The Labute approximate surface area is 620 Å². The summed E-state index contributed by atoms with van der Waals surface area (Å²) < 4.78 is 36.3. The van der Waals surface area contributed by atoms with Crippen LogP contribution in [-0.4, -0.2) is 186 Å². The molecule has 10 rings (SSSR count). The first kappa shape index (κ1) is 78.3. The maximum atomic E-state index is 15.5. The second-order valence-corrected chi connectivity index (χ2v) is 28.2. The van der Waals surface area contributed by atoms with Gasteiger partial charge in [0.05, 0.1) is 25.8 Å². The van der Waals surface area contributed by atoms with Gasteiger partial charge in [-0.05, 0) is 114 Å². The van der Waals surface area contributed by atoms with Gasteiger partial charge in [0.1, 0.15) is 77.6 Å². The minimum absolute atomic E-state index is 0.000285. The first-order chi connectivity index (χ1) is 51.5. The number of nitrogens with one attached hydrogen (secondary N) is 11. The van der Waals surface area contributed by atoms with E-state index in [1.165, 1.54) is 108 Å². The summed E-state index contributed by atoms with van der Waals surface area (Å²) in [7, 11) is 0. The highest BCUT2D eigenvalue weighted by atomic mass is 32.2. The monoisotopic (exact) mass is 1510 g/mol. The number of H-pyrrole nitrogens is 3. The summed E-state index contributed by atoms with van der Waals surface area (Å²) in [5.41, 5.74) is 15.5. The van der Waals surface area contributed by atoms with Crippen LogP contribution in [0, 0.1) is 11.6 Å². The molecular formula is C74H83F2N15O14S2. The molecule has 5 heterocycles. The van der Waals surface area contributed by atoms with Crippen LogP contribution in [-0.2, 0) is 89.9 Å². The van der Waals surface area contributed by atoms with Gasteiger partial charge < -0.3 is 88.8 Å². The molecule has 17 N–H and O–H groups in total. The highest BCUT2D eigenvalue weighted by molar-refractivity contribution is 7.98. The van der Waals surface area contributed by atoms with Gasteiger partial charge in [0, 0.05) is 108 Å². The van der Waals surface area contributed by atoms with Crippen molar-refractivity contribution < 1.29 is 76.5 Å². The number of nitrogens with zero attached hydrogens (tertiary/aromatic N) is 2. The van der Waals surface area contributed by atoms with Crippen molar-refractivity contribution in [3.63, 3.8) is 0 Å². The maximum Gasteiger partial charge on any atom is 0.305 e. The minimum atomic E-state index is -2.07. The molecule has 0 spiro atoms. The molecule has 8 aromatic rings. The lowest BCUT2D eigenvalue weighted by Crippen LogP contribution is -2.61. The number of thioether (sulfide) groups is 2. The van der Waals surface area contributed by atoms with Crippen LogP contribution in [0.15, 0.2) is 140 Å². The van der Waals surface area contributed by atoms with Gasteiger partial charge in [0.15, 0.2) is 0 Å². The summed E-state index contributed by atoms with van der Waals surface area (Å²) in [6, 6.07) is 16.8. The van der Waals surface area contributed by atoms with E-state index in [9.17, 15) is 48.2 Å². The van der Waals surface area contributed by atoms with Crippen molar-refractivity contribution in [2.75, 3.05) is 31.1 Å². The van der Waals surface area contributed by atoms with E-state index in [0.29, 0.717) is 63.4 Å². The number of phenols is 1. The number of benzene rings is 5. The van der Waals surface area contributed by atoms with Crippen molar-refractivity contribution in [2.24, 2.45) is 11.5 Å². The first-order valence-corrected chi connectivity index (χ1v) is 36.9. The lowest BCUT2D eigenvalue weighted by molar-refractivity contribution is -0.143. The topological polar surface area (TPSA) is 449 Å². The number of phenolic OH excluding ortho intramolecular Hbond substituents is 1. The Hall–Kier alpha value is -11.3. The molecule has 0 unspecified atom stereocenters. The van der Waals surface area contributed by atoms with Gasteiger partial charge in [0.2, 0.25) is 59.1 Å². The Bertz CT molecular complexity index is 4490. The van der Waals surface area contributed by atoms with Gasteiger partial charge in [-0.25, -0.2) is 13.8 Å². The zero-order chi connectivity index (χ0) is 76.1. The van der Waals surface area contributed by atoms with Crippen molar-refractivity contribution in [1.82, 2.24) is 67.4 Å². The molecule has 0 radical (unpaired) electrons. The number of imidazole rings is 1. The maximum absolute atomic E-state index is 15.5. The molecule has 1 fully saturated rings. The highest BCUT2D eigenvalue weighted by Crippen LogP contribution is 2.28. The van der Waals surface area contributed by atoms with Crippen LogP contribution in [0.2, 0.25) is 0 Å². The number of halogens is 2. The van der Waals surface area contributed by atoms with Crippen LogP contribution in [0.5, 0.6) is 11.5 Å². The highest BCUT2D eigenvalue weighted by Gasteiger charge is 2.45. The summed E-state index contributed by atoms with van der Waals surface area (Å²) in [5, 5.41) is 42.3. The molecule has 5 aromatic carbocycles. The summed E-state index contributed by atoms with van der Waals surface area (Å²) in [5.74, 6) is -10.7. The van der Waals surface area contributed by atoms with E-state index in [-0.39, 0.29) is 73.3 Å². The van der Waals surface area contributed by atoms with Crippen molar-refractivity contribution in [3.05, 3.63) is 185 Å². The molecule has 564 valence electrons. The minimum Gasteiger partial charge on any atom is -0.508 e. The SMILES string of the molecule is NCCCC[C@@H]1NC(=O)CCSCc2cccc(c2)CSC[C@H](C(N)=O)NC(=O)[C@@H]2C[C@H](Oc3ccccc3)CN2C(=O)[C@H](Cc2ccc(O)cc2)NC(=O)[C@H](Cc2cnc[nH]2)NC(=O)[C@H](CC(=O)O)NC(=O)[C@H](Cc2c[nH]c3ccc(F)cc23)NC(=O)[C@H](Cc2c[nH]c3ccc(F)cc23)NC(=O)CNC1=O. The number of ether oxygens (including phenoxy) is 1. The lowest BCUT2D eigenvalue weighted by atomic mass is 10.0. The fourth-order valence-corrected chi connectivity index (χ4v) is 14.5. The number of rotatable bonds is 17. The number of aromatic amines is 3. The van der Waals surface area contributed by atoms with E-state index in [1.807, 2.05) is 24.3 Å².